The topological polar surface area (TPSA) is 37.3 Å². The molecule has 1 fully saturated rings. The van der Waals surface area contributed by atoms with Crippen LogP contribution in [0.1, 0.15) is 38.5 Å². The maximum atomic E-state index is 12.9. The van der Waals surface area contributed by atoms with Crippen LogP contribution < -0.4 is 0 Å². The van der Waals surface area contributed by atoms with Gasteiger partial charge in [0.15, 0.2) is 6.10 Å². The summed E-state index contributed by atoms with van der Waals surface area (Å²) in [5, 5.41) is 8.39. The molecule has 6 heteroatoms. The van der Waals surface area contributed by atoms with Crippen LogP contribution in [0.15, 0.2) is 35.2 Å². The number of rotatable bonds is 5. The molecule has 2 nitrogen and oxygen atoms in total. The van der Waals surface area contributed by atoms with Crippen LogP contribution in [0, 0.1) is 5.92 Å². The van der Waals surface area contributed by atoms with Crippen LogP contribution in [0.5, 0.6) is 0 Å². The van der Waals surface area contributed by atoms with Crippen molar-refractivity contribution in [3.63, 3.8) is 0 Å². The molecule has 0 spiro atoms. The predicted octanol–water partition coefficient (Wildman–Crippen LogP) is 4.06. The third kappa shape index (κ3) is 4.56. The first-order valence-electron chi connectivity index (χ1n) is 7.60. The van der Waals surface area contributed by atoms with Crippen molar-refractivity contribution >= 4 is 10.8 Å². The minimum absolute atomic E-state index is 0.114. The van der Waals surface area contributed by atoms with Gasteiger partial charge in [-0.3, -0.25) is 4.21 Å². The minimum atomic E-state index is -4.75. The van der Waals surface area contributed by atoms with Gasteiger partial charge in [0, 0.05) is 4.90 Å². The van der Waals surface area contributed by atoms with Crippen molar-refractivity contribution in [2.75, 3.05) is 0 Å². The van der Waals surface area contributed by atoms with Crippen molar-refractivity contribution in [3.8, 4) is 0 Å². The standard InChI is InChI=1S/C16H21F3O2S/c17-16(18,19)15(20)14(11-12-7-3-1-4-8-12)22(21)13-9-5-2-6-10-13/h2,5-6,9-10,12,14-15,20H,1,3-4,7-8,11H2. The van der Waals surface area contributed by atoms with Crippen molar-refractivity contribution in [1.29, 1.82) is 0 Å². The van der Waals surface area contributed by atoms with E-state index < -0.39 is 28.3 Å². The smallest absolute Gasteiger partial charge is 0.382 e. The average molecular weight is 334 g/mol. The molecule has 124 valence electrons. The second-order valence-electron chi connectivity index (χ2n) is 5.88. The summed E-state index contributed by atoms with van der Waals surface area (Å²) in [5.41, 5.74) is 0. The van der Waals surface area contributed by atoms with E-state index >= 15 is 0 Å². The summed E-state index contributed by atoms with van der Waals surface area (Å²) in [6, 6.07) is 8.10. The normalized spacial score (nSPS) is 21.3. The molecule has 1 aliphatic rings. The van der Waals surface area contributed by atoms with E-state index in [1.807, 2.05) is 0 Å². The highest BCUT2D eigenvalue weighted by Crippen LogP contribution is 2.34. The van der Waals surface area contributed by atoms with Crippen molar-refractivity contribution in [3.05, 3.63) is 30.3 Å². The van der Waals surface area contributed by atoms with E-state index in [4.69, 9.17) is 0 Å². The number of hydrogen-bond acceptors (Lipinski definition) is 2. The molecule has 1 aliphatic carbocycles. The van der Waals surface area contributed by atoms with Crippen LogP contribution in [0.2, 0.25) is 0 Å². The van der Waals surface area contributed by atoms with Crippen molar-refractivity contribution in [2.45, 2.75) is 61.0 Å². The maximum Gasteiger partial charge on any atom is 0.415 e. The first-order chi connectivity index (χ1) is 10.4. The molecule has 3 unspecified atom stereocenters. The second kappa shape index (κ2) is 7.59. The summed E-state index contributed by atoms with van der Waals surface area (Å²) >= 11 is 0. The van der Waals surface area contributed by atoms with Crippen LogP contribution in [0.3, 0.4) is 0 Å². The molecule has 1 saturated carbocycles. The SMILES string of the molecule is O=S(c1ccccc1)C(CC1CCCCC1)C(O)C(F)(F)F. The molecule has 1 aromatic rings. The number of aliphatic hydroxyl groups excluding tert-OH is 1. The zero-order valence-corrected chi connectivity index (χ0v) is 13.1. The molecule has 1 N–H and O–H groups in total. The van der Waals surface area contributed by atoms with Gasteiger partial charge in [0.25, 0.3) is 0 Å². The zero-order valence-electron chi connectivity index (χ0n) is 12.3. The fourth-order valence-corrected chi connectivity index (χ4v) is 4.64. The van der Waals surface area contributed by atoms with E-state index in [2.05, 4.69) is 0 Å². The van der Waals surface area contributed by atoms with Gasteiger partial charge in [0.05, 0.1) is 16.0 Å². The number of alkyl halides is 3. The van der Waals surface area contributed by atoms with Crippen molar-refractivity contribution in [1.82, 2.24) is 0 Å². The first-order valence-corrected chi connectivity index (χ1v) is 8.81. The molecular formula is C16H21F3O2S. The van der Waals surface area contributed by atoms with E-state index in [9.17, 15) is 22.5 Å². The average Bonchev–Trinajstić information content (AvgIpc) is 2.52. The van der Waals surface area contributed by atoms with Crippen LogP contribution in [0.4, 0.5) is 13.2 Å². The van der Waals surface area contributed by atoms with Gasteiger partial charge in [0.2, 0.25) is 0 Å². The van der Waals surface area contributed by atoms with Gasteiger partial charge in [-0.1, -0.05) is 50.3 Å². The Bertz CT molecular complexity index is 484. The molecule has 22 heavy (non-hydrogen) atoms. The lowest BCUT2D eigenvalue weighted by Crippen LogP contribution is -2.43. The summed E-state index contributed by atoms with van der Waals surface area (Å²) in [6.07, 6.45) is -2.33. The Kier molecular flexibility index (Phi) is 6.03. The van der Waals surface area contributed by atoms with Crippen molar-refractivity contribution in [2.24, 2.45) is 5.92 Å². The Labute approximate surface area is 131 Å². The fourth-order valence-electron chi connectivity index (χ4n) is 3.02. The lowest BCUT2D eigenvalue weighted by atomic mass is 9.85. The predicted molar refractivity (Wildman–Crippen MR) is 79.9 cm³/mol. The Balaban J connectivity index is 2.18. The van der Waals surface area contributed by atoms with Gasteiger partial charge >= 0.3 is 6.18 Å². The lowest BCUT2D eigenvalue weighted by molar-refractivity contribution is -0.204. The summed E-state index contributed by atoms with van der Waals surface area (Å²) in [6.45, 7) is 0. The van der Waals surface area contributed by atoms with Gasteiger partial charge < -0.3 is 5.11 Å². The van der Waals surface area contributed by atoms with Crippen LogP contribution in [-0.2, 0) is 10.8 Å². The van der Waals surface area contributed by atoms with Crippen LogP contribution in [-0.4, -0.2) is 26.8 Å². The summed E-state index contributed by atoms with van der Waals surface area (Å²) in [4.78, 5) is 0.339. The largest absolute Gasteiger partial charge is 0.415 e. The highest BCUT2D eigenvalue weighted by Gasteiger charge is 2.46. The first kappa shape index (κ1) is 17.5. The van der Waals surface area contributed by atoms with E-state index in [-0.39, 0.29) is 12.3 Å². The Hall–Kier alpha value is -0.880. The quantitative estimate of drug-likeness (QED) is 0.882. The van der Waals surface area contributed by atoms with Gasteiger partial charge in [-0.05, 0) is 24.5 Å². The molecule has 0 bridgehead atoms. The molecule has 0 saturated heterocycles. The Morgan fingerprint density at radius 3 is 2.27 bits per heavy atom. The summed E-state index contributed by atoms with van der Waals surface area (Å²) in [7, 11) is -1.87. The summed E-state index contributed by atoms with van der Waals surface area (Å²) < 4.78 is 51.4. The zero-order chi connectivity index (χ0) is 16.2. The lowest BCUT2D eigenvalue weighted by Gasteiger charge is -2.29. The molecule has 0 radical (unpaired) electrons. The Morgan fingerprint density at radius 2 is 1.73 bits per heavy atom. The van der Waals surface area contributed by atoms with Crippen LogP contribution in [0.25, 0.3) is 0 Å². The van der Waals surface area contributed by atoms with Gasteiger partial charge in [0.1, 0.15) is 0 Å². The molecule has 1 aromatic carbocycles. The molecular weight excluding hydrogens is 313 g/mol. The number of benzene rings is 1. The molecule has 0 aromatic heterocycles. The molecule has 0 heterocycles. The van der Waals surface area contributed by atoms with Crippen molar-refractivity contribution < 1.29 is 22.5 Å². The number of aliphatic hydroxyl groups is 1. The Morgan fingerprint density at radius 1 is 1.14 bits per heavy atom. The van der Waals surface area contributed by atoms with E-state index in [0.717, 1.165) is 32.1 Å². The fraction of sp³-hybridized carbons (Fsp3) is 0.625. The monoisotopic (exact) mass is 334 g/mol. The third-order valence-corrected chi connectivity index (χ3v) is 5.97. The minimum Gasteiger partial charge on any atom is -0.382 e. The van der Waals surface area contributed by atoms with Crippen LogP contribution >= 0.6 is 0 Å². The van der Waals surface area contributed by atoms with Gasteiger partial charge in [-0.25, -0.2) is 0 Å². The van der Waals surface area contributed by atoms with Gasteiger partial charge in [-0.15, -0.1) is 0 Å². The number of halogens is 3. The van der Waals surface area contributed by atoms with Gasteiger partial charge in [-0.2, -0.15) is 13.2 Å². The molecule has 3 atom stereocenters. The van der Waals surface area contributed by atoms with E-state index in [1.54, 1.807) is 30.3 Å². The molecule has 0 aliphatic heterocycles. The highest BCUT2D eigenvalue weighted by atomic mass is 32.2. The summed E-state index contributed by atoms with van der Waals surface area (Å²) in [5.74, 6) is 0.114. The highest BCUT2D eigenvalue weighted by molar-refractivity contribution is 7.85. The molecule has 2 rings (SSSR count). The molecule has 0 amide bonds. The van der Waals surface area contributed by atoms with E-state index in [0.29, 0.717) is 4.90 Å². The second-order valence-corrected chi connectivity index (χ2v) is 7.55. The maximum absolute atomic E-state index is 12.9. The number of hydrogen-bond donors (Lipinski definition) is 1. The third-order valence-electron chi connectivity index (χ3n) is 4.23. The van der Waals surface area contributed by atoms with E-state index in [1.165, 1.54) is 0 Å².